The van der Waals surface area contributed by atoms with E-state index in [0.717, 1.165) is 12.2 Å². The van der Waals surface area contributed by atoms with Gasteiger partial charge in [-0.15, -0.1) is 0 Å². The smallest absolute Gasteiger partial charge is 0.330 e. The van der Waals surface area contributed by atoms with Crippen molar-refractivity contribution >= 4 is 23.8 Å². The number of carbonyl (C=O) groups is 4. The van der Waals surface area contributed by atoms with E-state index >= 15 is 0 Å². The van der Waals surface area contributed by atoms with Gasteiger partial charge in [0.15, 0.2) is 0 Å². The minimum atomic E-state index is -0.565. The zero-order valence-corrected chi connectivity index (χ0v) is 17.5. The summed E-state index contributed by atoms with van der Waals surface area (Å²) >= 11 is 0. The maximum atomic E-state index is 13.0. The van der Waals surface area contributed by atoms with E-state index in [1.165, 1.54) is 9.80 Å². The van der Waals surface area contributed by atoms with Gasteiger partial charge in [-0.3, -0.25) is 9.59 Å². The summed E-state index contributed by atoms with van der Waals surface area (Å²) < 4.78 is 9.88. The first-order valence-corrected chi connectivity index (χ1v) is 9.65. The van der Waals surface area contributed by atoms with Crippen molar-refractivity contribution in [2.24, 2.45) is 0 Å². The maximum Gasteiger partial charge on any atom is 0.330 e. The van der Waals surface area contributed by atoms with Gasteiger partial charge in [-0.1, -0.05) is 25.3 Å². The van der Waals surface area contributed by atoms with E-state index in [1.807, 2.05) is 0 Å². The van der Waals surface area contributed by atoms with Gasteiger partial charge >= 0.3 is 11.9 Å². The van der Waals surface area contributed by atoms with Crippen LogP contribution in [0.25, 0.3) is 0 Å². The monoisotopic (exact) mass is 416 g/mol. The number of esters is 2. The summed E-state index contributed by atoms with van der Waals surface area (Å²) in [6.07, 6.45) is 2.11. The highest BCUT2D eigenvalue weighted by molar-refractivity contribution is 6.07. The van der Waals surface area contributed by atoms with Crippen LogP contribution in [0.2, 0.25) is 0 Å². The second kappa shape index (κ2) is 12.9. The van der Waals surface area contributed by atoms with Crippen LogP contribution in [0, 0.1) is 0 Å². The summed E-state index contributed by atoms with van der Waals surface area (Å²) in [7, 11) is 0. The molecule has 0 aromatic heterocycles. The van der Waals surface area contributed by atoms with E-state index < -0.39 is 11.9 Å². The van der Waals surface area contributed by atoms with Crippen LogP contribution in [0.1, 0.15) is 34.6 Å². The number of rotatable bonds is 12. The number of ether oxygens (including phenoxy) is 2. The molecule has 2 amide bonds. The van der Waals surface area contributed by atoms with Crippen LogP contribution in [0.4, 0.5) is 0 Å². The molecule has 1 aromatic carbocycles. The number of amides is 2. The SMILES string of the molecule is C=CC(=O)OCCN(CC)C(=O)c1ccccc1C(=O)N(CC)CCOC(=O)C=C. The molecule has 0 aliphatic rings. The largest absolute Gasteiger partial charge is 0.461 e. The highest BCUT2D eigenvalue weighted by Gasteiger charge is 2.24. The molecule has 162 valence electrons. The van der Waals surface area contributed by atoms with Crippen molar-refractivity contribution in [3.63, 3.8) is 0 Å². The Kier molecular flexibility index (Phi) is 10.6. The average molecular weight is 416 g/mol. The standard InChI is InChI=1S/C22H28N2O6/c1-5-19(25)29-15-13-23(7-3)21(27)17-11-9-10-12-18(17)22(28)24(8-4)14-16-30-20(26)6-2/h5-6,9-12H,1-2,7-8,13-16H2,3-4H3. The average Bonchev–Trinajstić information content (AvgIpc) is 2.78. The van der Waals surface area contributed by atoms with Gasteiger partial charge in [0.1, 0.15) is 13.2 Å². The Bertz CT molecular complexity index is 725. The molecule has 1 rings (SSSR count). The van der Waals surface area contributed by atoms with Crippen molar-refractivity contribution in [1.29, 1.82) is 0 Å². The van der Waals surface area contributed by atoms with Gasteiger partial charge in [0.05, 0.1) is 24.2 Å². The molecule has 1 aromatic rings. The van der Waals surface area contributed by atoms with Crippen molar-refractivity contribution in [2.45, 2.75) is 13.8 Å². The number of likely N-dealkylation sites (N-methyl/N-ethyl adjacent to an activating group) is 2. The van der Waals surface area contributed by atoms with Crippen LogP contribution in [0.5, 0.6) is 0 Å². The molecule has 0 radical (unpaired) electrons. The molecule has 0 atom stereocenters. The van der Waals surface area contributed by atoms with Gasteiger partial charge in [-0.05, 0) is 26.0 Å². The molecule has 30 heavy (non-hydrogen) atoms. The Labute approximate surface area is 176 Å². The molecule has 0 bridgehead atoms. The molecule has 0 heterocycles. The second-order valence-corrected chi connectivity index (χ2v) is 6.06. The third-order valence-corrected chi connectivity index (χ3v) is 4.27. The minimum Gasteiger partial charge on any atom is -0.461 e. The van der Waals surface area contributed by atoms with E-state index in [9.17, 15) is 19.2 Å². The predicted octanol–water partition coefficient (Wildman–Crippen LogP) is 2.07. The molecular weight excluding hydrogens is 388 g/mol. The van der Waals surface area contributed by atoms with Crippen LogP contribution in [-0.2, 0) is 19.1 Å². The topological polar surface area (TPSA) is 93.2 Å². The lowest BCUT2D eigenvalue weighted by atomic mass is 10.0. The van der Waals surface area contributed by atoms with E-state index in [4.69, 9.17) is 9.47 Å². The summed E-state index contributed by atoms with van der Waals surface area (Å²) in [5.41, 5.74) is 0.502. The lowest BCUT2D eigenvalue weighted by Gasteiger charge is -2.24. The van der Waals surface area contributed by atoms with Gasteiger partial charge in [-0.25, -0.2) is 9.59 Å². The van der Waals surface area contributed by atoms with Crippen LogP contribution in [-0.4, -0.2) is 72.9 Å². The van der Waals surface area contributed by atoms with E-state index in [1.54, 1.807) is 38.1 Å². The lowest BCUT2D eigenvalue weighted by Crippen LogP contribution is -2.38. The summed E-state index contributed by atoms with van der Waals surface area (Å²) in [6, 6.07) is 6.52. The summed E-state index contributed by atoms with van der Waals surface area (Å²) in [4.78, 5) is 51.4. The highest BCUT2D eigenvalue weighted by Crippen LogP contribution is 2.15. The van der Waals surface area contributed by atoms with Crippen molar-refractivity contribution in [2.75, 3.05) is 39.4 Å². The maximum absolute atomic E-state index is 13.0. The molecular formula is C22H28N2O6. The first kappa shape index (κ1) is 24.6. The van der Waals surface area contributed by atoms with Gasteiger partial charge in [0.2, 0.25) is 0 Å². The van der Waals surface area contributed by atoms with Crippen LogP contribution >= 0.6 is 0 Å². The van der Waals surface area contributed by atoms with Crippen LogP contribution < -0.4 is 0 Å². The molecule has 0 spiro atoms. The van der Waals surface area contributed by atoms with Crippen molar-refractivity contribution in [3.05, 3.63) is 60.7 Å². The third kappa shape index (κ3) is 7.20. The minimum absolute atomic E-state index is 0.0241. The molecule has 8 nitrogen and oxygen atoms in total. The zero-order chi connectivity index (χ0) is 22.5. The van der Waals surface area contributed by atoms with Gasteiger partial charge in [0, 0.05) is 25.2 Å². The Hall–Kier alpha value is -3.42. The molecule has 8 heteroatoms. The first-order valence-electron chi connectivity index (χ1n) is 9.65. The fraction of sp³-hybridized carbons (Fsp3) is 0.364. The summed E-state index contributed by atoms with van der Waals surface area (Å²) in [6.45, 7) is 11.4. The number of carbonyl (C=O) groups excluding carboxylic acids is 4. The highest BCUT2D eigenvalue weighted by atomic mass is 16.5. The Morgan fingerprint density at radius 1 is 0.800 bits per heavy atom. The number of hydrogen-bond donors (Lipinski definition) is 0. The molecule has 0 saturated carbocycles. The quantitative estimate of drug-likeness (QED) is 0.383. The van der Waals surface area contributed by atoms with Gasteiger partial charge in [0.25, 0.3) is 11.8 Å². The van der Waals surface area contributed by atoms with Crippen molar-refractivity contribution < 1.29 is 28.7 Å². The van der Waals surface area contributed by atoms with Gasteiger partial charge in [-0.2, -0.15) is 0 Å². The number of hydrogen-bond acceptors (Lipinski definition) is 6. The van der Waals surface area contributed by atoms with E-state index in [-0.39, 0.29) is 49.2 Å². The number of benzene rings is 1. The predicted molar refractivity (Wildman–Crippen MR) is 112 cm³/mol. The Balaban J connectivity index is 2.94. The fourth-order valence-electron chi connectivity index (χ4n) is 2.63. The molecule has 0 aliphatic heterocycles. The van der Waals surface area contributed by atoms with Crippen LogP contribution in [0.3, 0.4) is 0 Å². The van der Waals surface area contributed by atoms with E-state index in [0.29, 0.717) is 13.1 Å². The zero-order valence-electron chi connectivity index (χ0n) is 17.5. The number of nitrogens with zero attached hydrogens (tertiary/aromatic N) is 2. The summed E-state index contributed by atoms with van der Waals surface area (Å²) in [5.74, 6) is -1.81. The molecule has 0 N–H and O–H groups in total. The summed E-state index contributed by atoms with van der Waals surface area (Å²) in [5, 5.41) is 0. The van der Waals surface area contributed by atoms with Crippen LogP contribution in [0.15, 0.2) is 49.6 Å². The van der Waals surface area contributed by atoms with Crippen molar-refractivity contribution in [3.8, 4) is 0 Å². The Morgan fingerprint density at radius 2 is 1.17 bits per heavy atom. The lowest BCUT2D eigenvalue weighted by molar-refractivity contribution is -0.138. The first-order chi connectivity index (χ1) is 14.4. The third-order valence-electron chi connectivity index (χ3n) is 4.27. The molecule has 0 saturated heterocycles. The normalized spacial score (nSPS) is 9.93. The van der Waals surface area contributed by atoms with E-state index in [2.05, 4.69) is 13.2 Å². The second-order valence-electron chi connectivity index (χ2n) is 6.06. The van der Waals surface area contributed by atoms with Crippen molar-refractivity contribution in [1.82, 2.24) is 9.80 Å². The fourth-order valence-corrected chi connectivity index (χ4v) is 2.63. The van der Waals surface area contributed by atoms with Gasteiger partial charge < -0.3 is 19.3 Å². The molecule has 0 unspecified atom stereocenters. The molecule has 0 aliphatic carbocycles. The Morgan fingerprint density at radius 3 is 1.47 bits per heavy atom. The molecule has 0 fully saturated rings.